The third-order valence-corrected chi connectivity index (χ3v) is 8.24. The molecule has 0 aliphatic carbocycles. The molecule has 1 aliphatic rings. The van der Waals surface area contributed by atoms with E-state index in [4.69, 9.17) is 4.74 Å². The number of ether oxygens (including phenoxy) is 1. The SMILES string of the molecule is COc1ccc(Br)cc1S(=O)(=O)Nc1cccc(S(=O)(=O)N2CCCCC2)c1. The van der Waals surface area contributed by atoms with E-state index in [9.17, 15) is 16.8 Å². The summed E-state index contributed by atoms with van der Waals surface area (Å²) in [6.45, 7) is 0.959. The summed E-state index contributed by atoms with van der Waals surface area (Å²) < 4.78 is 60.9. The van der Waals surface area contributed by atoms with Crippen molar-refractivity contribution in [2.24, 2.45) is 0 Å². The maximum absolute atomic E-state index is 12.8. The van der Waals surface area contributed by atoms with Crippen molar-refractivity contribution in [1.29, 1.82) is 0 Å². The van der Waals surface area contributed by atoms with Gasteiger partial charge in [-0.15, -0.1) is 0 Å². The maximum Gasteiger partial charge on any atom is 0.265 e. The number of rotatable bonds is 6. The number of sulfonamides is 2. The minimum absolute atomic E-state index is 0.0475. The van der Waals surface area contributed by atoms with E-state index >= 15 is 0 Å². The molecule has 28 heavy (non-hydrogen) atoms. The standard InChI is InChI=1S/C18H21BrN2O5S2/c1-26-17-9-8-14(19)12-18(17)27(22,23)20-15-6-5-7-16(13-15)28(24,25)21-10-3-2-4-11-21/h5-9,12-13,20H,2-4,10-11H2,1H3. The number of hydrogen-bond donors (Lipinski definition) is 1. The van der Waals surface area contributed by atoms with Crippen molar-refractivity contribution < 1.29 is 21.6 Å². The Hall–Kier alpha value is -1.62. The van der Waals surface area contributed by atoms with Crippen LogP contribution in [0.25, 0.3) is 0 Å². The fourth-order valence-electron chi connectivity index (χ4n) is 3.05. The molecular weight excluding hydrogens is 468 g/mol. The lowest BCUT2D eigenvalue weighted by atomic mass is 10.2. The molecule has 7 nitrogen and oxygen atoms in total. The summed E-state index contributed by atoms with van der Waals surface area (Å²) in [6.07, 6.45) is 2.67. The van der Waals surface area contributed by atoms with Gasteiger partial charge in [0, 0.05) is 17.6 Å². The van der Waals surface area contributed by atoms with Crippen molar-refractivity contribution in [3.05, 3.63) is 46.9 Å². The fourth-order valence-corrected chi connectivity index (χ4v) is 6.37. The van der Waals surface area contributed by atoms with Crippen molar-refractivity contribution in [2.45, 2.75) is 29.1 Å². The zero-order valence-electron chi connectivity index (χ0n) is 15.3. The third-order valence-electron chi connectivity index (χ3n) is 4.45. The molecule has 0 bridgehead atoms. The van der Waals surface area contributed by atoms with E-state index in [0.717, 1.165) is 19.3 Å². The average Bonchev–Trinajstić information content (AvgIpc) is 2.68. The van der Waals surface area contributed by atoms with Crippen LogP contribution in [0.5, 0.6) is 5.75 Å². The summed E-state index contributed by atoms with van der Waals surface area (Å²) in [4.78, 5) is 0.0180. The monoisotopic (exact) mass is 488 g/mol. The predicted molar refractivity (Wildman–Crippen MR) is 111 cm³/mol. The number of hydrogen-bond acceptors (Lipinski definition) is 5. The van der Waals surface area contributed by atoms with Crippen molar-refractivity contribution in [3.63, 3.8) is 0 Å². The normalized spacial score (nSPS) is 15.9. The molecule has 0 radical (unpaired) electrons. The Labute approximate surface area is 173 Å². The van der Waals surface area contributed by atoms with Crippen molar-refractivity contribution >= 4 is 41.7 Å². The van der Waals surface area contributed by atoms with Gasteiger partial charge in [-0.2, -0.15) is 4.31 Å². The molecule has 2 aromatic carbocycles. The molecule has 3 rings (SSSR count). The van der Waals surface area contributed by atoms with Crippen LogP contribution in [-0.2, 0) is 20.0 Å². The summed E-state index contributed by atoms with van der Waals surface area (Å²) in [6, 6.07) is 10.5. The molecule has 0 spiro atoms. The van der Waals surface area contributed by atoms with Crippen LogP contribution in [0.1, 0.15) is 19.3 Å². The van der Waals surface area contributed by atoms with Crippen LogP contribution >= 0.6 is 15.9 Å². The van der Waals surface area contributed by atoms with E-state index < -0.39 is 20.0 Å². The summed E-state index contributed by atoms with van der Waals surface area (Å²) >= 11 is 3.25. The summed E-state index contributed by atoms with van der Waals surface area (Å²) in [5.41, 5.74) is 0.167. The molecule has 152 valence electrons. The highest BCUT2D eigenvalue weighted by Gasteiger charge is 2.27. The molecule has 0 unspecified atom stereocenters. The van der Waals surface area contributed by atoms with Gasteiger partial charge in [-0.25, -0.2) is 16.8 Å². The van der Waals surface area contributed by atoms with Gasteiger partial charge in [-0.3, -0.25) is 4.72 Å². The van der Waals surface area contributed by atoms with E-state index in [-0.39, 0.29) is 21.2 Å². The van der Waals surface area contributed by atoms with E-state index in [1.54, 1.807) is 6.07 Å². The number of anilines is 1. The first-order chi connectivity index (χ1) is 13.2. The number of piperidine rings is 1. The summed E-state index contributed by atoms with van der Waals surface area (Å²) in [7, 11) is -6.25. The first-order valence-corrected chi connectivity index (χ1v) is 12.4. The number of nitrogens with zero attached hydrogens (tertiary/aromatic N) is 1. The molecule has 1 fully saturated rings. The van der Waals surface area contributed by atoms with Crippen molar-refractivity contribution in [1.82, 2.24) is 4.31 Å². The van der Waals surface area contributed by atoms with E-state index in [0.29, 0.717) is 17.6 Å². The van der Waals surface area contributed by atoms with Crippen molar-refractivity contribution in [2.75, 3.05) is 24.9 Å². The molecule has 1 aliphatic heterocycles. The van der Waals surface area contributed by atoms with E-state index in [1.807, 2.05) is 0 Å². The minimum Gasteiger partial charge on any atom is -0.495 e. The zero-order valence-corrected chi connectivity index (χ0v) is 18.5. The maximum atomic E-state index is 12.8. The van der Waals surface area contributed by atoms with Gasteiger partial charge in [0.15, 0.2) is 0 Å². The number of benzene rings is 2. The molecule has 10 heteroatoms. The van der Waals surface area contributed by atoms with Crippen LogP contribution in [-0.4, -0.2) is 41.3 Å². The first kappa shape index (κ1) is 21.1. The molecule has 1 N–H and O–H groups in total. The van der Waals surface area contributed by atoms with Crippen molar-refractivity contribution in [3.8, 4) is 5.75 Å². The van der Waals surface area contributed by atoms with E-state index in [2.05, 4.69) is 20.7 Å². The second kappa shape index (κ2) is 8.40. The van der Waals surface area contributed by atoms with Crippen LogP contribution < -0.4 is 9.46 Å². The van der Waals surface area contributed by atoms with Gasteiger partial charge in [0.25, 0.3) is 10.0 Å². The minimum atomic E-state index is -3.98. The Balaban J connectivity index is 1.92. The third kappa shape index (κ3) is 4.51. The highest BCUT2D eigenvalue weighted by molar-refractivity contribution is 9.10. The zero-order chi connectivity index (χ0) is 20.4. The molecule has 0 aromatic heterocycles. The lowest BCUT2D eigenvalue weighted by molar-refractivity contribution is 0.346. The fraction of sp³-hybridized carbons (Fsp3) is 0.333. The van der Waals surface area contributed by atoms with Gasteiger partial charge in [-0.05, 0) is 49.2 Å². The smallest absolute Gasteiger partial charge is 0.265 e. The lowest BCUT2D eigenvalue weighted by Crippen LogP contribution is -2.35. The predicted octanol–water partition coefficient (Wildman–Crippen LogP) is 3.43. The molecular formula is C18H21BrN2O5S2. The lowest BCUT2D eigenvalue weighted by Gasteiger charge is -2.26. The van der Waals surface area contributed by atoms with Gasteiger partial charge < -0.3 is 4.74 Å². The highest BCUT2D eigenvalue weighted by Crippen LogP contribution is 2.30. The second-order valence-electron chi connectivity index (χ2n) is 6.39. The van der Waals surface area contributed by atoms with Gasteiger partial charge in [-0.1, -0.05) is 28.4 Å². The number of halogens is 1. The average molecular weight is 489 g/mol. The van der Waals surface area contributed by atoms with Crippen LogP contribution in [0.4, 0.5) is 5.69 Å². The topological polar surface area (TPSA) is 92.8 Å². The van der Waals surface area contributed by atoms with Gasteiger partial charge >= 0.3 is 0 Å². The second-order valence-corrected chi connectivity index (χ2v) is 10.9. The molecule has 1 heterocycles. The molecule has 1 saturated heterocycles. The number of methoxy groups -OCH3 is 1. The molecule has 2 aromatic rings. The largest absolute Gasteiger partial charge is 0.495 e. The van der Waals surface area contributed by atoms with E-state index in [1.165, 1.54) is 47.8 Å². The highest BCUT2D eigenvalue weighted by atomic mass is 79.9. The molecule has 0 saturated carbocycles. The Morgan fingerprint density at radius 2 is 1.71 bits per heavy atom. The van der Waals surface area contributed by atoms with Crippen LogP contribution in [0.15, 0.2) is 56.7 Å². The quantitative estimate of drug-likeness (QED) is 0.671. The number of nitrogens with one attached hydrogen (secondary N) is 1. The first-order valence-electron chi connectivity index (χ1n) is 8.70. The van der Waals surface area contributed by atoms with Crippen LogP contribution in [0.2, 0.25) is 0 Å². The molecule has 0 atom stereocenters. The van der Waals surface area contributed by atoms with Gasteiger partial charge in [0.05, 0.1) is 17.7 Å². The molecule has 0 amide bonds. The Kier molecular flexibility index (Phi) is 6.33. The van der Waals surface area contributed by atoms with Gasteiger partial charge in [0.2, 0.25) is 10.0 Å². The summed E-state index contributed by atoms with van der Waals surface area (Å²) in [5.74, 6) is 0.188. The Bertz CT molecular complexity index is 1070. The van der Waals surface area contributed by atoms with Crippen LogP contribution in [0.3, 0.4) is 0 Å². The van der Waals surface area contributed by atoms with Gasteiger partial charge in [0.1, 0.15) is 10.6 Å². The Morgan fingerprint density at radius 1 is 1.00 bits per heavy atom. The Morgan fingerprint density at radius 3 is 2.39 bits per heavy atom. The van der Waals surface area contributed by atoms with Crippen LogP contribution in [0, 0.1) is 0 Å². The summed E-state index contributed by atoms with van der Waals surface area (Å²) in [5, 5.41) is 0.